The second-order valence-electron chi connectivity index (χ2n) is 4.73. The first-order valence-electron chi connectivity index (χ1n) is 6.62. The fourth-order valence-electron chi connectivity index (χ4n) is 2.49. The lowest BCUT2D eigenvalue weighted by Gasteiger charge is -2.31. The van der Waals surface area contributed by atoms with E-state index in [4.69, 9.17) is 0 Å². The molecule has 1 unspecified atom stereocenters. The minimum atomic E-state index is -0.172. The summed E-state index contributed by atoms with van der Waals surface area (Å²) in [5.74, 6) is 0.207. The van der Waals surface area contributed by atoms with Crippen molar-refractivity contribution in [1.82, 2.24) is 5.01 Å². The predicted molar refractivity (Wildman–Crippen MR) is 81.0 cm³/mol. The molecule has 0 radical (unpaired) electrons. The largest absolute Gasteiger partial charge is 0.508 e. The predicted octanol–water partition coefficient (Wildman–Crippen LogP) is 2.84. The minimum Gasteiger partial charge on any atom is -0.508 e. The maximum atomic E-state index is 10.6. The molecule has 4 heteroatoms. The van der Waals surface area contributed by atoms with Crippen LogP contribution in [-0.4, -0.2) is 22.6 Å². The molecule has 0 bridgehead atoms. The number of aldehydes is 1. The van der Waals surface area contributed by atoms with E-state index in [1.54, 1.807) is 35.6 Å². The van der Waals surface area contributed by atoms with Crippen molar-refractivity contribution in [1.29, 1.82) is 0 Å². The highest BCUT2D eigenvalue weighted by Gasteiger charge is 2.25. The highest BCUT2D eigenvalue weighted by molar-refractivity contribution is 5.83. The summed E-state index contributed by atoms with van der Waals surface area (Å²) in [6.45, 7) is 0. The number of phenols is 1. The number of nitrogens with zero attached hydrogens (tertiary/aromatic N) is 2. The average Bonchev–Trinajstić information content (AvgIpc) is 2.52. The van der Waals surface area contributed by atoms with Gasteiger partial charge in [-0.25, -0.2) is 0 Å². The molecule has 1 aliphatic rings. The Hall–Kier alpha value is -2.88. The third-order valence-corrected chi connectivity index (χ3v) is 3.39. The number of phenolic OH excluding ortho intramolecular Hbond substituents is 1. The number of carbonyl (C=O) groups excluding carboxylic acids is 1. The highest BCUT2D eigenvalue weighted by Crippen LogP contribution is 2.34. The monoisotopic (exact) mass is 278 g/mol. The molecule has 2 aromatic rings. The maximum Gasteiger partial charge on any atom is 0.144 e. The summed E-state index contributed by atoms with van der Waals surface area (Å²) in [4.78, 5) is 10.6. The lowest BCUT2D eigenvalue weighted by atomic mass is 9.93. The van der Waals surface area contributed by atoms with Crippen molar-refractivity contribution in [3.05, 3.63) is 77.5 Å². The molecule has 1 atom stereocenters. The molecular weight excluding hydrogens is 264 g/mol. The number of benzene rings is 2. The van der Waals surface area contributed by atoms with Crippen LogP contribution in [0.3, 0.4) is 0 Å². The van der Waals surface area contributed by atoms with E-state index in [-0.39, 0.29) is 11.8 Å². The fourth-order valence-corrected chi connectivity index (χ4v) is 2.49. The van der Waals surface area contributed by atoms with Crippen LogP contribution in [0.15, 0.2) is 65.9 Å². The van der Waals surface area contributed by atoms with Gasteiger partial charge in [-0.3, -0.25) is 9.80 Å². The van der Waals surface area contributed by atoms with E-state index in [2.05, 4.69) is 5.10 Å². The second-order valence-corrected chi connectivity index (χ2v) is 4.73. The second kappa shape index (κ2) is 5.63. The zero-order valence-electron chi connectivity index (χ0n) is 11.3. The standard InChI is InChI=1S/C17H14N2O2/c20-10-4-9-19-17(13-6-3-7-15(21)11-13)16-8-2-1-5-14(16)12-18-19/h1-12,17,21H. The Bertz CT molecular complexity index is 722. The first kappa shape index (κ1) is 13.1. The number of rotatable bonds is 3. The molecule has 4 nitrogen and oxygen atoms in total. The van der Waals surface area contributed by atoms with E-state index in [9.17, 15) is 9.90 Å². The molecule has 0 saturated carbocycles. The van der Waals surface area contributed by atoms with E-state index >= 15 is 0 Å². The number of allylic oxidation sites excluding steroid dienone is 1. The van der Waals surface area contributed by atoms with Gasteiger partial charge in [-0.05, 0) is 29.3 Å². The third kappa shape index (κ3) is 2.56. The molecule has 1 N–H and O–H groups in total. The Morgan fingerprint density at radius 3 is 2.81 bits per heavy atom. The van der Waals surface area contributed by atoms with Crippen molar-refractivity contribution < 1.29 is 9.90 Å². The summed E-state index contributed by atoms with van der Waals surface area (Å²) in [6, 6.07) is 14.9. The van der Waals surface area contributed by atoms with Crippen LogP contribution in [-0.2, 0) is 4.79 Å². The molecule has 3 rings (SSSR count). The van der Waals surface area contributed by atoms with Crippen molar-refractivity contribution in [2.24, 2.45) is 5.10 Å². The zero-order chi connectivity index (χ0) is 14.7. The van der Waals surface area contributed by atoms with Gasteiger partial charge in [0, 0.05) is 11.8 Å². The van der Waals surface area contributed by atoms with Crippen molar-refractivity contribution in [3.8, 4) is 5.75 Å². The Kier molecular flexibility index (Phi) is 3.51. The van der Waals surface area contributed by atoms with Gasteiger partial charge in [-0.1, -0.05) is 36.4 Å². The fraction of sp³-hybridized carbons (Fsp3) is 0.0588. The van der Waals surface area contributed by atoms with Gasteiger partial charge >= 0.3 is 0 Å². The molecule has 21 heavy (non-hydrogen) atoms. The van der Waals surface area contributed by atoms with Crippen LogP contribution in [0.25, 0.3) is 0 Å². The number of hydrogen-bond acceptors (Lipinski definition) is 4. The Labute approximate surface area is 122 Å². The third-order valence-electron chi connectivity index (χ3n) is 3.39. The summed E-state index contributed by atoms with van der Waals surface area (Å²) < 4.78 is 0. The molecule has 104 valence electrons. The lowest BCUT2D eigenvalue weighted by Crippen LogP contribution is -2.24. The minimum absolute atomic E-state index is 0.172. The van der Waals surface area contributed by atoms with Crippen molar-refractivity contribution >= 4 is 12.5 Å². The van der Waals surface area contributed by atoms with Gasteiger partial charge in [0.25, 0.3) is 0 Å². The van der Waals surface area contributed by atoms with Gasteiger partial charge in [0.15, 0.2) is 0 Å². The summed E-state index contributed by atoms with van der Waals surface area (Å²) in [5.41, 5.74) is 3.02. The van der Waals surface area contributed by atoms with Gasteiger partial charge in [0.2, 0.25) is 0 Å². The number of aromatic hydroxyl groups is 1. The number of hydrogen-bond donors (Lipinski definition) is 1. The topological polar surface area (TPSA) is 52.9 Å². The Morgan fingerprint density at radius 1 is 1.14 bits per heavy atom. The van der Waals surface area contributed by atoms with Crippen molar-refractivity contribution in [2.75, 3.05) is 0 Å². The van der Waals surface area contributed by atoms with Crippen LogP contribution in [0.1, 0.15) is 22.7 Å². The molecule has 2 aromatic carbocycles. The lowest BCUT2D eigenvalue weighted by molar-refractivity contribution is -0.104. The van der Waals surface area contributed by atoms with Gasteiger partial charge < -0.3 is 5.11 Å². The zero-order valence-corrected chi connectivity index (χ0v) is 11.3. The number of carbonyl (C=O) groups is 1. The molecule has 0 fully saturated rings. The van der Waals surface area contributed by atoms with Gasteiger partial charge in [0.05, 0.1) is 6.21 Å². The van der Waals surface area contributed by atoms with E-state index in [1.807, 2.05) is 30.3 Å². The highest BCUT2D eigenvalue weighted by atomic mass is 16.3. The van der Waals surface area contributed by atoms with Gasteiger partial charge in [0.1, 0.15) is 18.1 Å². The number of fused-ring (bicyclic) bond motifs is 1. The van der Waals surface area contributed by atoms with Crippen LogP contribution >= 0.6 is 0 Å². The van der Waals surface area contributed by atoms with Crippen molar-refractivity contribution in [3.63, 3.8) is 0 Å². The first-order chi connectivity index (χ1) is 10.3. The van der Waals surface area contributed by atoms with E-state index in [0.717, 1.165) is 23.0 Å². The molecule has 0 saturated heterocycles. The molecule has 1 aliphatic heterocycles. The molecule has 0 aromatic heterocycles. The normalized spacial score (nSPS) is 17.0. The summed E-state index contributed by atoms with van der Waals surface area (Å²) in [5, 5.41) is 15.8. The van der Waals surface area contributed by atoms with E-state index in [1.165, 1.54) is 6.08 Å². The van der Waals surface area contributed by atoms with Crippen LogP contribution in [0, 0.1) is 0 Å². The van der Waals surface area contributed by atoms with Crippen LogP contribution in [0.5, 0.6) is 5.75 Å². The maximum absolute atomic E-state index is 10.6. The molecule has 0 aliphatic carbocycles. The van der Waals surface area contributed by atoms with E-state index in [0.29, 0.717) is 0 Å². The summed E-state index contributed by atoms with van der Waals surface area (Å²) in [7, 11) is 0. The smallest absolute Gasteiger partial charge is 0.144 e. The van der Waals surface area contributed by atoms with Gasteiger partial charge in [-0.15, -0.1) is 0 Å². The number of hydrazone groups is 1. The molecular formula is C17H14N2O2. The molecule has 0 amide bonds. The Balaban J connectivity index is 2.12. The Morgan fingerprint density at radius 2 is 2.00 bits per heavy atom. The van der Waals surface area contributed by atoms with Crippen molar-refractivity contribution in [2.45, 2.75) is 6.04 Å². The SMILES string of the molecule is O=CC=CN1N=Cc2ccccc2C1c1cccc(O)c1. The summed E-state index contributed by atoms with van der Waals surface area (Å²) in [6.07, 6.45) is 5.52. The first-order valence-corrected chi connectivity index (χ1v) is 6.62. The van der Waals surface area contributed by atoms with Crippen LogP contribution in [0.2, 0.25) is 0 Å². The van der Waals surface area contributed by atoms with Crippen LogP contribution in [0.4, 0.5) is 0 Å². The van der Waals surface area contributed by atoms with Gasteiger partial charge in [-0.2, -0.15) is 5.10 Å². The molecule has 0 spiro atoms. The summed E-state index contributed by atoms with van der Waals surface area (Å²) >= 11 is 0. The van der Waals surface area contributed by atoms with Crippen LogP contribution < -0.4 is 0 Å². The average molecular weight is 278 g/mol. The van der Waals surface area contributed by atoms with E-state index < -0.39 is 0 Å². The molecule has 1 heterocycles. The quantitative estimate of drug-likeness (QED) is 0.694.